The summed E-state index contributed by atoms with van der Waals surface area (Å²) in [6, 6.07) is 0. The van der Waals surface area contributed by atoms with Crippen LogP contribution in [0.25, 0.3) is 0 Å². The van der Waals surface area contributed by atoms with Gasteiger partial charge in [0.2, 0.25) is 0 Å². The summed E-state index contributed by atoms with van der Waals surface area (Å²) < 4.78 is 0. The van der Waals surface area contributed by atoms with Gasteiger partial charge < -0.3 is 20.4 Å². The van der Waals surface area contributed by atoms with E-state index in [-0.39, 0.29) is 6.61 Å². The number of hydrogen-bond acceptors (Lipinski definition) is 4. The van der Waals surface area contributed by atoms with E-state index < -0.39 is 6.10 Å². The van der Waals surface area contributed by atoms with Crippen molar-refractivity contribution in [2.24, 2.45) is 5.41 Å². The van der Waals surface area contributed by atoms with Crippen LogP contribution in [0.1, 0.15) is 25.7 Å². The first-order valence-electron chi connectivity index (χ1n) is 6.46. The van der Waals surface area contributed by atoms with Crippen molar-refractivity contribution in [3.63, 3.8) is 0 Å². The molecule has 0 aromatic rings. The molecule has 4 heteroatoms. The van der Waals surface area contributed by atoms with Gasteiger partial charge in [0, 0.05) is 19.6 Å². The van der Waals surface area contributed by atoms with Gasteiger partial charge in [0.15, 0.2) is 0 Å². The van der Waals surface area contributed by atoms with E-state index >= 15 is 0 Å². The normalized spacial score (nSPS) is 34.1. The molecule has 0 aromatic carbocycles. The van der Waals surface area contributed by atoms with Crippen LogP contribution in [-0.2, 0) is 0 Å². The number of nitrogens with zero attached hydrogens (tertiary/aromatic N) is 1. The van der Waals surface area contributed by atoms with Gasteiger partial charge in [-0.3, -0.25) is 0 Å². The first kappa shape index (κ1) is 12.3. The summed E-state index contributed by atoms with van der Waals surface area (Å²) in [5.41, 5.74) is 0.436. The third-order valence-corrected chi connectivity index (χ3v) is 3.98. The first-order chi connectivity index (χ1) is 7.74. The lowest BCUT2D eigenvalue weighted by molar-refractivity contribution is 0.0131. The summed E-state index contributed by atoms with van der Waals surface area (Å²) in [7, 11) is 0. The Bertz CT molecular complexity index is 212. The minimum Gasteiger partial charge on any atom is -0.394 e. The smallest absolute Gasteiger partial charge is 0.0897 e. The van der Waals surface area contributed by atoms with Crippen LogP contribution in [0.15, 0.2) is 0 Å². The molecule has 2 aliphatic heterocycles. The quantitative estimate of drug-likeness (QED) is 0.626. The summed E-state index contributed by atoms with van der Waals surface area (Å²) in [4.78, 5) is 2.32. The molecule has 94 valence electrons. The Labute approximate surface area is 97.6 Å². The summed E-state index contributed by atoms with van der Waals surface area (Å²) in [6.07, 6.45) is 4.54. The highest BCUT2D eigenvalue weighted by Gasteiger charge is 2.36. The van der Waals surface area contributed by atoms with Gasteiger partial charge in [-0.25, -0.2) is 0 Å². The van der Waals surface area contributed by atoms with Gasteiger partial charge >= 0.3 is 0 Å². The number of aliphatic hydroxyl groups excluding tert-OH is 2. The molecule has 2 heterocycles. The van der Waals surface area contributed by atoms with Crippen molar-refractivity contribution < 1.29 is 10.2 Å². The Hall–Kier alpha value is -0.160. The number of nitrogens with one attached hydrogen (secondary N) is 1. The molecule has 2 unspecified atom stereocenters. The summed E-state index contributed by atoms with van der Waals surface area (Å²) in [6.45, 7) is 4.93. The molecule has 0 aromatic heterocycles. The van der Waals surface area contributed by atoms with Crippen molar-refractivity contribution in [1.82, 2.24) is 10.2 Å². The number of hydrogen-bond donors (Lipinski definition) is 3. The second-order valence-corrected chi connectivity index (χ2v) is 5.46. The molecule has 0 radical (unpaired) electrons. The van der Waals surface area contributed by atoms with Gasteiger partial charge in [0.1, 0.15) is 0 Å². The standard InChI is InChI=1S/C12H24N2O2/c15-8-11(16)7-14-6-2-4-12(10-14)3-1-5-13-9-12/h11,13,15-16H,1-10H2. The van der Waals surface area contributed by atoms with E-state index in [2.05, 4.69) is 10.2 Å². The molecule has 2 atom stereocenters. The highest BCUT2D eigenvalue weighted by atomic mass is 16.3. The lowest BCUT2D eigenvalue weighted by atomic mass is 9.74. The van der Waals surface area contributed by atoms with E-state index in [0.29, 0.717) is 12.0 Å². The molecular weight excluding hydrogens is 204 g/mol. The molecule has 0 saturated carbocycles. The van der Waals surface area contributed by atoms with Crippen molar-refractivity contribution in [1.29, 1.82) is 0 Å². The van der Waals surface area contributed by atoms with Crippen molar-refractivity contribution in [2.45, 2.75) is 31.8 Å². The zero-order valence-corrected chi connectivity index (χ0v) is 9.99. The van der Waals surface area contributed by atoms with E-state index in [1.54, 1.807) is 0 Å². The maximum atomic E-state index is 9.49. The zero-order chi connectivity index (χ0) is 11.4. The average molecular weight is 228 g/mol. The molecule has 1 spiro atoms. The minimum absolute atomic E-state index is 0.123. The second-order valence-electron chi connectivity index (χ2n) is 5.46. The van der Waals surface area contributed by atoms with Gasteiger partial charge in [-0.1, -0.05) is 0 Å². The fraction of sp³-hybridized carbons (Fsp3) is 1.00. The predicted molar refractivity (Wildman–Crippen MR) is 63.3 cm³/mol. The Morgan fingerprint density at radius 2 is 2.12 bits per heavy atom. The van der Waals surface area contributed by atoms with E-state index in [4.69, 9.17) is 5.11 Å². The molecule has 2 rings (SSSR count). The Morgan fingerprint density at radius 3 is 2.81 bits per heavy atom. The largest absolute Gasteiger partial charge is 0.394 e. The number of rotatable bonds is 3. The van der Waals surface area contributed by atoms with E-state index in [0.717, 1.165) is 26.2 Å². The number of β-amino-alcohol motifs (C(OH)–C–C–N with tert-alkyl or cyclic N) is 1. The van der Waals surface area contributed by atoms with Crippen LogP contribution in [0.2, 0.25) is 0 Å². The van der Waals surface area contributed by atoms with Crippen molar-refractivity contribution in [3.8, 4) is 0 Å². The average Bonchev–Trinajstić information content (AvgIpc) is 2.30. The van der Waals surface area contributed by atoms with Crippen LogP contribution in [-0.4, -0.2) is 60.5 Å². The number of piperidine rings is 2. The Kier molecular flexibility index (Phi) is 4.19. The topological polar surface area (TPSA) is 55.7 Å². The van der Waals surface area contributed by atoms with Crippen LogP contribution < -0.4 is 5.32 Å². The summed E-state index contributed by atoms with van der Waals surface area (Å²) >= 11 is 0. The van der Waals surface area contributed by atoms with Gasteiger partial charge in [-0.2, -0.15) is 0 Å². The van der Waals surface area contributed by atoms with Gasteiger partial charge in [0.25, 0.3) is 0 Å². The third kappa shape index (κ3) is 2.94. The molecule has 0 amide bonds. The second kappa shape index (κ2) is 5.45. The van der Waals surface area contributed by atoms with Crippen LogP contribution >= 0.6 is 0 Å². The Balaban J connectivity index is 1.87. The van der Waals surface area contributed by atoms with Crippen molar-refractivity contribution in [2.75, 3.05) is 39.3 Å². The molecular formula is C12H24N2O2. The van der Waals surface area contributed by atoms with Crippen molar-refractivity contribution >= 4 is 0 Å². The third-order valence-electron chi connectivity index (χ3n) is 3.98. The molecule has 4 nitrogen and oxygen atoms in total. The fourth-order valence-corrected chi connectivity index (χ4v) is 3.20. The Morgan fingerprint density at radius 1 is 1.31 bits per heavy atom. The molecule has 0 bridgehead atoms. The fourth-order valence-electron chi connectivity index (χ4n) is 3.20. The van der Waals surface area contributed by atoms with Crippen LogP contribution in [0.5, 0.6) is 0 Å². The van der Waals surface area contributed by atoms with E-state index in [9.17, 15) is 5.11 Å². The highest BCUT2D eigenvalue weighted by Crippen LogP contribution is 2.35. The minimum atomic E-state index is -0.577. The first-order valence-corrected chi connectivity index (χ1v) is 6.46. The van der Waals surface area contributed by atoms with Crippen LogP contribution in [0.3, 0.4) is 0 Å². The SMILES string of the molecule is OCC(O)CN1CCCC2(CCCNC2)C1. The van der Waals surface area contributed by atoms with E-state index in [1.807, 2.05) is 0 Å². The zero-order valence-electron chi connectivity index (χ0n) is 9.99. The lowest BCUT2D eigenvalue weighted by Crippen LogP contribution is -2.52. The maximum absolute atomic E-state index is 9.49. The predicted octanol–water partition coefficient (Wildman–Crippen LogP) is -0.195. The molecule has 16 heavy (non-hydrogen) atoms. The summed E-state index contributed by atoms with van der Waals surface area (Å²) in [5, 5.41) is 21.9. The lowest BCUT2D eigenvalue weighted by Gasteiger charge is -2.45. The number of aliphatic hydroxyl groups is 2. The molecule has 2 aliphatic rings. The van der Waals surface area contributed by atoms with Crippen LogP contribution in [0.4, 0.5) is 0 Å². The van der Waals surface area contributed by atoms with Gasteiger partial charge in [-0.15, -0.1) is 0 Å². The molecule has 2 fully saturated rings. The monoisotopic (exact) mass is 228 g/mol. The highest BCUT2D eigenvalue weighted by molar-refractivity contribution is 4.91. The molecule has 2 saturated heterocycles. The van der Waals surface area contributed by atoms with Gasteiger partial charge in [0.05, 0.1) is 12.7 Å². The van der Waals surface area contributed by atoms with Gasteiger partial charge in [-0.05, 0) is 44.2 Å². The van der Waals surface area contributed by atoms with Crippen LogP contribution in [0, 0.1) is 5.41 Å². The maximum Gasteiger partial charge on any atom is 0.0897 e. The number of likely N-dealkylation sites (tertiary alicyclic amines) is 1. The van der Waals surface area contributed by atoms with E-state index in [1.165, 1.54) is 25.7 Å². The molecule has 0 aliphatic carbocycles. The summed E-state index contributed by atoms with van der Waals surface area (Å²) in [5.74, 6) is 0. The molecule has 3 N–H and O–H groups in total. The van der Waals surface area contributed by atoms with Crippen molar-refractivity contribution in [3.05, 3.63) is 0 Å².